The number of nitrogens with one attached hydrogen (secondary N) is 1. The number of nitrogens with two attached hydrogens (primary N) is 2. The van der Waals surface area contributed by atoms with E-state index in [1.807, 2.05) is 58.9 Å². The van der Waals surface area contributed by atoms with Crippen LogP contribution in [0.1, 0.15) is 38.8 Å². The lowest BCUT2D eigenvalue weighted by atomic mass is 10.1. The van der Waals surface area contributed by atoms with Crippen molar-refractivity contribution in [2.45, 2.75) is 34.6 Å². The number of amidine groups is 1. The molecule has 1 rings (SSSR count). The fourth-order valence-electron chi connectivity index (χ4n) is 1.02. The first-order valence-electron chi connectivity index (χ1n) is 5.60. The van der Waals surface area contributed by atoms with E-state index in [0.717, 1.165) is 11.1 Å². The van der Waals surface area contributed by atoms with Gasteiger partial charge in [0, 0.05) is 5.56 Å². The van der Waals surface area contributed by atoms with Gasteiger partial charge in [-0.1, -0.05) is 52.0 Å². The van der Waals surface area contributed by atoms with Crippen molar-refractivity contribution in [1.29, 1.82) is 0 Å². The average molecular weight is 224 g/mol. The Morgan fingerprint density at radius 2 is 1.62 bits per heavy atom. The Morgan fingerprint density at radius 3 is 2.00 bits per heavy atom. The topological polar surface area (TPSA) is 76.4 Å². The van der Waals surface area contributed by atoms with Crippen LogP contribution in [0, 0.1) is 6.92 Å². The van der Waals surface area contributed by atoms with Crippen molar-refractivity contribution < 1.29 is 0 Å². The third-order valence-electron chi connectivity index (χ3n) is 1.67. The number of hydrogen-bond donors (Lipinski definition) is 3. The zero-order valence-corrected chi connectivity index (χ0v) is 10.9. The standard InChI is InChI=1S/C8H12N4.2C2H6/c1-6-4-2-3-5-7(6)8(11-9)12-10;2*1-2/h2-5H,9-10H2,1H3,(H,11,12);2*1-2H3. The van der Waals surface area contributed by atoms with Crippen molar-refractivity contribution in [1.82, 2.24) is 5.43 Å². The highest BCUT2D eigenvalue weighted by Gasteiger charge is 2.02. The Labute approximate surface area is 98.7 Å². The molecule has 16 heavy (non-hydrogen) atoms. The lowest BCUT2D eigenvalue weighted by Crippen LogP contribution is -2.32. The van der Waals surface area contributed by atoms with Crippen molar-refractivity contribution in [3.63, 3.8) is 0 Å². The first kappa shape index (κ1) is 16.9. The van der Waals surface area contributed by atoms with Gasteiger partial charge in [0.1, 0.15) is 0 Å². The summed E-state index contributed by atoms with van der Waals surface area (Å²) in [5, 5.41) is 3.52. The van der Waals surface area contributed by atoms with Gasteiger partial charge in [0.15, 0.2) is 5.84 Å². The molecule has 5 N–H and O–H groups in total. The van der Waals surface area contributed by atoms with Crippen LogP contribution in [0.5, 0.6) is 0 Å². The van der Waals surface area contributed by atoms with E-state index in [2.05, 4.69) is 10.5 Å². The molecule has 92 valence electrons. The Kier molecular flexibility index (Phi) is 12.1. The summed E-state index contributed by atoms with van der Waals surface area (Å²) in [5.74, 6) is 10.8. The van der Waals surface area contributed by atoms with E-state index in [1.165, 1.54) is 0 Å². The lowest BCUT2D eigenvalue weighted by molar-refractivity contribution is 1.00. The first-order valence-corrected chi connectivity index (χ1v) is 5.60. The average Bonchev–Trinajstić information content (AvgIpc) is 2.38. The maximum Gasteiger partial charge on any atom is 0.167 e. The van der Waals surface area contributed by atoms with E-state index in [4.69, 9.17) is 11.7 Å². The highest BCUT2D eigenvalue weighted by atomic mass is 15.3. The van der Waals surface area contributed by atoms with Crippen LogP contribution in [0.2, 0.25) is 0 Å². The highest BCUT2D eigenvalue weighted by molar-refractivity contribution is 5.99. The molecule has 0 unspecified atom stereocenters. The molecular formula is C12H24N4. The monoisotopic (exact) mass is 224 g/mol. The summed E-state index contributed by atoms with van der Waals surface area (Å²) >= 11 is 0. The molecule has 0 saturated carbocycles. The van der Waals surface area contributed by atoms with Gasteiger partial charge >= 0.3 is 0 Å². The molecule has 0 spiro atoms. The fourth-order valence-corrected chi connectivity index (χ4v) is 1.02. The molecule has 0 aromatic heterocycles. The van der Waals surface area contributed by atoms with Crippen molar-refractivity contribution >= 4 is 5.84 Å². The van der Waals surface area contributed by atoms with Crippen molar-refractivity contribution in [2.75, 3.05) is 0 Å². The van der Waals surface area contributed by atoms with E-state index >= 15 is 0 Å². The minimum absolute atomic E-state index is 0.494. The molecule has 0 aliphatic carbocycles. The molecule has 0 aliphatic heterocycles. The Bertz CT molecular complexity index is 295. The number of hydrazone groups is 1. The van der Waals surface area contributed by atoms with Gasteiger partial charge in [-0.2, -0.15) is 5.10 Å². The molecular weight excluding hydrogens is 200 g/mol. The van der Waals surface area contributed by atoms with Crippen LogP contribution < -0.4 is 17.1 Å². The van der Waals surface area contributed by atoms with Gasteiger partial charge in [-0.05, 0) is 12.5 Å². The summed E-state index contributed by atoms with van der Waals surface area (Å²) in [6.07, 6.45) is 0. The zero-order chi connectivity index (χ0) is 13.0. The molecule has 0 heterocycles. The fraction of sp³-hybridized carbons (Fsp3) is 0.417. The number of benzene rings is 1. The predicted molar refractivity (Wildman–Crippen MR) is 71.9 cm³/mol. The molecule has 0 bridgehead atoms. The van der Waals surface area contributed by atoms with Crippen LogP contribution in [0.3, 0.4) is 0 Å². The van der Waals surface area contributed by atoms with E-state index in [-0.39, 0.29) is 0 Å². The molecule has 1 aromatic rings. The summed E-state index contributed by atoms with van der Waals surface area (Å²) in [7, 11) is 0. The molecule has 4 heteroatoms. The van der Waals surface area contributed by atoms with Gasteiger partial charge in [0.2, 0.25) is 0 Å². The quantitative estimate of drug-likeness (QED) is 0.296. The molecule has 0 radical (unpaired) electrons. The summed E-state index contributed by atoms with van der Waals surface area (Å²) in [5.41, 5.74) is 4.44. The second-order valence-corrected chi connectivity index (χ2v) is 2.44. The van der Waals surface area contributed by atoms with Crippen LogP contribution in [-0.4, -0.2) is 5.84 Å². The summed E-state index contributed by atoms with van der Waals surface area (Å²) in [4.78, 5) is 0. The van der Waals surface area contributed by atoms with E-state index in [0.29, 0.717) is 5.84 Å². The van der Waals surface area contributed by atoms with Gasteiger partial charge in [0.25, 0.3) is 0 Å². The van der Waals surface area contributed by atoms with Crippen LogP contribution in [0.4, 0.5) is 0 Å². The number of nitrogens with zero attached hydrogens (tertiary/aromatic N) is 1. The van der Waals surface area contributed by atoms with Crippen LogP contribution >= 0.6 is 0 Å². The van der Waals surface area contributed by atoms with Gasteiger partial charge in [-0.15, -0.1) is 0 Å². The van der Waals surface area contributed by atoms with Crippen LogP contribution in [0.25, 0.3) is 0 Å². The third-order valence-corrected chi connectivity index (χ3v) is 1.67. The molecule has 0 saturated heterocycles. The Morgan fingerprint density at radius 1 is 1.12 bits per heavy atom. The largest absolute Gasteiger partial charge is 0.321 e. The normalized spacial score (nSPS) is 9.25. The van der Waals surface area contributed by atoms with Crippen molar-refractivity contribution in [3.8, 4) is 0 Å². The smallest absolute Gasteiger partial charge is 0.167 e. The van der Waals surface area contributed by atoms with Crippen LogP contribution in [0.15, 0.2) is 29.4 Å². The molecule has 0 aliphatic rings. The summed E-state index contributed by atoms with van der Waals surface area (Å²) in [6.45, 7) is 9.97. The summed E-state index contributed by atoms with van der Waals surface area (Å²) < 4.78 is 0. The highest BCUT2D eigenvalue weighted by Crippen LogP contribution is 2.05. The van der Waals surface area contributed by atoms with Crippen molar-refractivity contribution in [3.05, 3.63) is 35.4 Å². The number of hydrogen-bond acceptors (Lipinski definition) is 3. The summed E-state index contributed by atoms with van der Waals surface area (Å²) in [6, 6.07) is 7.73. The molecule has 1 aromatic carbocycles. The van der Waals surface area contributed by atoms with Crippen LogP contribution in [-0.2, 0) is 0 Å². The molecule has 4 nitrogen and oxygen atoms in total. The number of rotatable bonds is 1. The van der Waals surface area contributed by atoms with Gasteiger partial charge in [-0.25, -0.2) is 5.84 Å². The Balaban J connectivity index is 0. The molecule has 0 fully saturated rings. The van der Waals surface area contributed by atoms with Gasteiger partial charge < -0.3 is 11.3 Å². The van der Waals surface area contributed by atoms with Gasteiger partial charge in [0.05, 0.1) is 0 Å². The van der Waals surface area contributed by atoms with E-state index in [9.17, 15) is 0 Å². The van der Waals surface area contributed by atoms with E-state index in [1.54, 1.807) is 0 Å². The van der Waals surface area contributed by atoms with Gasteiger partial charge in [-0.3, -0.25) is 0 Å². The minimum atomic E-state index is 0.494. The lowest BCUT2D eigenvalue weighted by Gasteiger charge is -2.06. The second kappa shape index (κ2) is 11.5. The third kappa shape index (κ3) is 5.36. The second-order valence-electron chi connectivity index (χ2n) is 2.44. The zero-order valence-electron chi connectivity index (χ0n) is 10.9. The SMILES string of the molecule is CC.CC.Cc1ccccc1/C(=N/N)NN. The molecule has 0 atom stereocenters. The predicted octanol–water partition coefficient (Wildman–Crippen LogP) is 2.13. The maximum atomic E-state index is 5.22. The molecule has 0 amide bonds. The maximum absolute atomic E-state index is 5.22. The first-order chi connectivity index (χ1) is 7.79. The minimum Gasteiger partial charge on any atom is -0.321 e. The number of aryl methyl sites for hydroxylation is 1. The van der Waals surface area contributed by atoms with E-state index < -0.39 is 0 Å². The number of hydrazine groups is 1. The Hall–Kier alpha value is -1.55. The van der Waals surface area contributed by atoms with Crippen molar-refractivity contribution in [2.24, 2.45) is 16.8 Å².